The maximum atomic E-state index is 11.5. The van der Waals surface area contributed by atoms with Crippen LogP contribution in [-0.2, 0) is 10.0 Å². The van der Waals surface area contributed by atoms with Gasteiger partial charge in [0.25, 0.3) is 0 Å². The summed E-state index contributed by atoms with van der Waals surface area (Å²) in [4.78, 5) is -0.0694. The van der Waals surface area contributed by atoms with Gasteiger partial charge in [0.15, 0.2) is 0 Å². The summed E-state index contributed by atoms with van der Waals surface area (Å²) in [6, 6.07) is 5.85. The summed E-state index contributed by atoms with van der Waals surface area (Å²) >= 11 is 0. The summed E-state index contributed by atoms with van der Waals surface area (Å²) in [6.07, 6.45) is 0. The largest absolute Gasteiger partial charge is 0.507 e. The van der Waals surface area contributed by atoms with E-state index < -0.39 is 10.0 Å². The van der Waals surface area contributed by atoms with Gasteiger partial charge in [-0.25, -0.2) is 12.7 Å². The quantitative estimate of drug-likeness (QED) is 0.837. The van der Waals surface area contributed by atoms with Crippen molar-refractivity contribution < 1.29 is 13.5 Å². The second-order valence-corrected chi connectivity index (χ2v) is 4.88. The third-order valence-electron chi connectivity index (χ3n) is 1.62. The first-order chi connectivity index (χ1) is 5.96. The molecule has 0 amide bonds. The Hall–Kier alpha value is -0.780. The van der Waals surface area contributed by atoms with Gasteiger partial charge in [-0.3, -0.25) is 0 Å². The zero-order chi connectivity index (χ0) is 10.1. The minimum atomic E-state index is -3.52. The average molecular weight is 238 g/mol. The van der Waals surface area contributed by atoms with Gasteiger partial charge >= 0.3 is 0 Å². The van der Waals surface area contributed by atoms with Crippen molar-refractivity contribution in [3.8, 4) is 5.75 Å². The van der Waals surface area contributed by atoms with Gasteiger partial charge in [0.1, 0.15) is 10.6 Å². The second-order valence-electron chi connectivity index (χ2n) is 2.76. The van der Waals surface area contributed by atoms with Crippen LogP contribution in [0.4, 0.5) is 0 Å². The van der Waals surface area contributed by atoms with E-state index in [1.165, 1.54) is 26.2 Å². The fourth-order valence-corrected chi connectivity index (χ4v) is 1.85. The standard InChI is InChI=1S/C8H11NO3S.ClH/c1-9(2)13(11,12)8-6-4-3-5-7(8)10;/h3-6,10H,1-2H3;1H. The van der Waals surface area contributed by atoms with Gasteiger partial charge < -0.3 is 5.11 Å². The SMILES string of the molecule is CN(C)S(=O)(=O)c1ccccc1O.Cl. The van der Waals surface area contributed by atoms with E-state index in [1.54, 1.807) is 12.1 Å². The molecule has 0 aliphatic rings. The Kier molecular flexibility index (Phi) is 4.38. The number of rotatable bonds is 2. The smallest absolute Gasteiger partial charge is 0.246 e. The van der Waals surface area contributed by atoms with E-state index in [2.05, 4.69) is 0 Å². The molecule has 1 rings (SSSR count). The monoisotopic (exact) mass is 237 g/mol. The normalized spacial score (nSPS) is 11.1. The molecule has 14 heavy (non-hydrogen) atoms. The molecule has 0 spiro atoms. The van der Waals surface area contributed by atoms with Crippen LogP contribution in [0.15, 0.2) is 29.2 Å². The molecular weight excluding hydrogens is 226 g/mol. The number of phenolic OH excluding ortho intramolecular Hbond substituents is 1. The molecule has 0 aliphatic carbocycles. The van der Waals surface area contributed by atoms with Gasteiger partial charge in [0, 0.05) is 14.1 Å². The molecule has 0 fully saturated rings. The van der Waals surface area contributed by atoms with E-state index in [-0.39, 0.29) is 23.1 Å². The number of sulfonamides is 1. The Bertz CT molecular complexity index is 403. The van der Waals surface area contributed by atoms with Crippen LogP contribution in [0.3, 0.4) is 0 Å². The molecular formula is C8H12ClNO3S. The molecule has 80 valence electrons. The van der Waals surface area contributed by atoms with E-state index in [9.17, 15) is 13.5 Å². The summed E-state index contributed by atoms with van der Waals surface area (Å²) < 4.78 is 24.1. The lowest BCUT2D eigenvalue weighted by Crippen LogP contribution is -2.22. The van der Waals surface area contributed by atoms with Crippen molar-refractivity contribution in [2.45, 2.75) is 4.90 Å². The fraction of sp³-hybridized carbons (Fsp3) is 0.250. The summed E-state index contributed by atoms with van der Waals surface area (Å²) in [5.41, 5.74) is 0. The predicted octanol–water partition coefficient (Wildman–Crippen LogP) is 1.06. The highest BCUT2D eigenvalue weighted by Crippen LogP contribution is 2.23. The van der Waals surface area contributed by atoms with Crippen LogP contribution in [0.5, 0.6) is 5.75 Å². The number of nitrogens with zero attached hydrogens (tertiary/aromatic N) is 1. The van der Waals surface area contributed by atoms with Gasteiger partial charge in [-0.05, 0) is 12.1 Å². The van der Waals surface area contributed by atoms with Crippen molar-refractivity contribution in [2.75, 3.05) is 14.1 Å². The predicted molar refractivity (Wildman–Crippen MR) is 56.2 cm³/mol. The lowest BCUT2D eigenvalue weighted by atomic mass is 10.3. The first-order valence-corrected chi connectivity index (χ1v) is 5.11. The average Bonchev–Trinajstić information content (AvgIpc) is 2.04. The van der Waals surface area contributed by atoms with Crippen molar-refractivity contribution in [1.82, 2.24) is 4.31 Å². The number of benzene rings is 1. The topological polar surface area (TPSA) is 57.6 Å². The Labute approximate surface area is 89.6 Å². The fourth-order valence-electron chi connectivity index (χ4n) is 0.872. The highest BCUT2D eigenvalue weighted by atomic mass is 35.5. The van der Waals surface area contributed by atoms with Crippen LogP contribution in [0.1, 0.15) is 0 Å². The Morgan fingerprint density at radius 3 is 2.14 bits per heavy atom. The zero-order valence-electron chi connectivity index (χ0n) is 7.84. The molecule has 1 aromatic carbocycles. The number of phenols is 1. The molecule has 0 bridgehead atoms. The maximum Gasteiger partial charge on any atom is 0.246 e. The van der Waals surface area contributed by atoms with Crippen molar-refractivity contribution in [3.63, 3.8) is 0 Å². The van der Waals surface area contributed by atoms with Crippen LogP contribution in [0, 0.1) is 0 Å². The van der Waals surface area contributed by atoms with Gasteiger partial charge in [-0.2, -0.15) is 0 Å². The lowest BCUT2D eigenvalue weighted by Gasteiger charge is -2.11. The van der Waals surface area contributed by atoms with Crippen molar-refractivity contribution in [1.29, 1.82) is 0 Å². The van der Waals surface area contributed by atoms with Crippen molar-refractivity contribution in [3.05, 3.63) is 24.3 Å². The van der Waals surface area contributed by atoms with Crippen LogP contribution in [-0.4, -0.2) is 31.9 Å². The van der Waals surface area contributed by atoms with Crippen LogP contribution >= 0.6 is 12.4 Å². The molecule has 0 heterocycles. The highest BCUT2D eigenvalue weighted by molar-refractivity contribution is 7.89. The zero-order valence-corrected chi connectivity index (χ0v) is 9.47. The van der Waals surface area contributed by atoms with Gasteiger partial charge in [0.05, 0.1) is 0 Å². The molecule has 6 heteroatoms. The molecule has 0 radical (unpaired) electrons. The van der Waals surface area contributed by atoms with Crippen LogP contribution in [0.25, 0.3) is 0 Å². The molecule has 0 saturated heterocycles. The summed E-state index contributed by atoms with van der Waals surface area (Å²) in [6.45, 7) is 0. The van der Waals surface area contributed by atoms with Crippen molar-refractivity contribution >= 4 is 22.4 Å². The summed E-state index contributed by atoms with van der Waals surface area (Å²) in [5.74, 6) is -0.226. The van der Waals surface area contributed by atoms with E-state index >= 15 is 0 Å². The first kappa shape index (κ1) is 13.2. The molecule has 0 unspecified atom stereocenters. The third-order valence-corrected chi connectivity index (χ3v) is 3.49. The first-order valence-electron chi connectivity index (χ1n) is 3.67. The number of halogens is 1. The minimum absolute atomic E-state index is 0. The number of para-hydroxylation sites is 1. The molecule has 1 N–H and O–H groups in total. The van der Waals surface area contributed by atoms with E-state index in [0.29, 0.717) is 0 Å². The lowest BCUT2D eigenvalue weighted by molar-refractivity contribution is 0.452. The molecule has 0 atom stereocenters. The van der Waals surface area contributed by atoms with Gasteiger partial charge in [-0.1, -0.05) is 12.1 Å². The Morgan fingerprint density at radius 2 is 1.71 bits per heavy atom. The number of hydrogen-bond acceptors (Lipinski definition) is 3. The minimum Gasteiger partial charge on any atom is -0.507 e. The highest BCUT2D eigenvalue weighted by Gasteiger charge is 2.20. The van der Waals surface area contributed by atoms with E-state index in [0.717, 1.165) is 4.31 Å². The van der Waals surface area contributed by atoms with Gasteiger partial charge in [-0.15, -0.1) is 12.4 Å². The van der Waals surface area contributed by atoms with Crippen LogP contribution < -0.4 is 0 Å². The number of aromatic hydroxyl groups is 1. The molecule has 0 aliphatic heterocycles. The number of hydrogen-bond donors (Lipinski definition) is 1. The molecule has 0 saturated carbocycles. The Morgan fingerprint density at radius 1 is 1.21 bits per heavy atom. The maximum absolute atomic E-state index is 11.5. The molecule has 1 aromatic rings. The van der Waals surface area contributed by atoms with Gasteiger partial charge in [0.2, 0.25) is 10.0 Å². The third kappa shape index (κ3) is 2.37. The molecule has 0 aromatic heterocycles. The van der Waals surface area contributed by atoms with Crippen LogP contribution in [0.2, 0.25) is 0 Å². The van der Waals surface area contributed by atoms with Crippen molar-refractivity contribution in [2.24, 2.45) is 0 Å². The Balaban J connectivity index is 0.00000169. The van der Waals surface area contributed by atoms with E-state index in [4.69, 9.17) is 0 Å². The molecule has 4 nitrogen and oxygen atoms in total. The summed E-state index contributed by atoms with van der Waals surface area (Å²) in [7, 11) is -0.687. The second kappa shape index (κ2) is 4.63. The van der Waals surface area contributed by atoms with E-state index in [1.807, 2.05) is 0 Å². The summed E-state index contributed by atoms with van der Waals surface area (Å²) in [5, 5.41) is 9.29.